The molecule has 2 atom stereocenters. The predicted octanol–water partition coefficient (Wildman–Crippen LogP) is 21.4. The maximum atomic E-state index is 12.9. The van der Waals surface area contributed by atoms with Gasteiger partial charge < -0.3 is 33.3 Å². The van der Waals surface area contributed by atoms with Crippen LogP contribution in [0.2, 0.25) is 0 Å². The highest BCUT2D eigenvalue weighted by Crippen LogP contribution is 2.19. The highest BCUT2D eigenvalue weighted by atomic mass is 16.7. The van der Waals surface area contributed by atoms with Crippen LogP contribution in [0, 0.1) is 0 Å². The zero-order valence-corrected chi connectivity index (χ0v) is 56.6. The second-order valence-electron chi connectivity index (χ2n) is 26.2. The summed E-state index contributed by atoms with van der Waals surface area (Å²) >= 11 is 0. The van der Waals surface area contributed by atoms with Crippen molar-refractivity contribution < 1.29 is 42.9 Å². The van der Waals surface area contributed by atoms with Crippen LogP contribution in [0.1, 0.15) is 367 Å². The van der Waals surface area contributed by atoms with Crippen LogP contribution >= 0.6 is 0 Å². The van der Waals surface area contributed by atoms with E-state index in [1.54, 1.807) is 0 Å². The minimum Gasteiger partial charge on any atom is -0.545 e. The lowest BCUT2D eigenvalue weighted by Crippen LogP contribution is -2.44. The van der Waals surface area contributed by atoms with E-state index in [1.807, 2.05) is 21.1 Å². The van der Waals surface area contributed by atoms with Crippen molar-refractivity contribution in [2.45, 2.75) is 379 Å². The Balaban J connectivity index is 4.00. The highest BCUT2D eigenvalue weighted by Gasteiger charge is 2.22. The molecule has 0 heterocycles. The van der Waals surface area contributed by atoms with Gasteiger partial charge in [-0.05, 0) is 51.4 Å². The van der Waals surface area contributed by atoms with Gasteiger partial charge in [-0.15, -0.1) is 0 Å². The standard InChI is InChI=1S/C75H141NO8/c1-6-8-10-12-14-16-18-20-22-24-26-28-30-31-32-33-34-35-36-37-38-39-40-41-42-44-45-47-49-51-53-55-57-59-61-63-65-72(77)82-69-71(70-83-75(74(79)80)81-68-67-76(3,4)5)84-73(78)66-64-62-60-58-56-54-52-50-48-46-43-29-27-25-23-21-19-17-15-13-11-9-7-2/h19,21,25,27,43,46,71,75H,6-18,20,22-24,26,28-42,44-45,47-70H2,1-5H3/b21-19-,27-25-,46-43-. The van der Waals surface area contributed by atoms with Crippen LogP contribution in [0.5, 0.6) is 0 Å². The summed E-state index contributed by atoms with van der Waals surface area (Å²) in [6.45, 7) is 4.79. The summed E-state index contributed by atoms with van der Waals surface area (Å²) in [6, 6.07) is 0. The highest BCUT2D eigenvalue weighted by molar-refractivity contribution is 5.70. The van der Waals surface area contributed by atoms with E-state index in [-0.39, 0.29) is 32.2 Å². The number of ether oxygens (including phenoxy) is 4. The first kappa shape index (κ1) is 81.5. The second kappa shape index (κ2) is 66.5. The van der Waals surface area contributed by atoms with Crippen LogP contribution in [-0.2, 0) is 33.3 Å². The van der Waals surface area contributed by atoms with Gasteiger partial charge in [0.05, 0.1) is 40.3 Å². The molecule has 0 fully saturated rings. The monoisotopic (exact) mass is 1180 g/mol. The third-order valence-corrected chi connectivity index (χ3v) is 16.6. The molecular formula is C75H141NO8. The molecule has 0 rings (SSSR count). The molecule has 0 aromatic carbocycles. The van der Waals surface area contributed by atoms with Gasteiger partial charge in [0.2, 0.25) is 0 Å². The van der Waals surface area contributed by atoms with E-state index >= 15 is 0 Å². The lowest BCUT2D eigenvalue weighted by molar-refractivity contribution is -0.870. The van der Waals surface area contributed by atoms with Crippen molar-refractivity contribution in [1.29, 1.82) is 0 Å². The van der Waals surface area contributed by atoms with Crippen LogP contribution in [0.25, 0.3) is 0 Å². The number of carboxylic acid groups (broad SMARTS) is 1. The number of carbonyl (C=O) groups is 3. The van der Waals surface area contributed by atoms with Crippen LogP contribution < -0.4 is 5.11 Å². The molecule has 0 radical (unpaired) electrons. The summed E-state index contributed by atoms with van der Waals surface area (Å²) in [4.78, 5) is 37.5. The lowest BCUT2D eigenvalue weighted by atomic mass is 10.0. The molecule has 0 aliphatic heterocycles. The fourth-order valence-electron chi connectivity index (χ4n) is 11.0. The van der Waals surface area contributed by atoms with Gasteiger partial charge in [0.1, 0.15) is 13.2 Å². The zero-order chi connectivity index (χ0) is 61.2. The molecule has 0 aliphatic carbocycles. The van der Waals surface area contributed by atoms with Crippen molar-refractivity contribution in [1.82, 2.24) is 0 Å². The molecule has 9 heteroatoms. The van der Waals surface area contributed by atoms with E-state index in [0.717, 1.165) is 57.8 Å². The average molecular weight is 1180 g/mol. The zero-order valence-electron chi connectivity index (χ0n) is 56.6. The number of likely N-dealkylation sites (N-methyl/N-ethyl adjacent to an activating group) is 1. The van der Waals surface area contributed by atoms with E-state index in [2.05, 4.69) is 50.3 Å². The average Bonchev–Trinajstić information content (AvgIpc) is 3.51. The summed E-state index contributed by atoms with van der Waals surface area (Å²) in [7, 11) is 5.94. The predicted molar refractivity (Wildman–Crippen MR) is 357 cm³/mol. The normalized spacial score (nSPS) is 12.8. The summed E-state index contributed by atoms with van der Waals surface area (Å²) in [5, 5.41) is 11.8. The Bertz CT molecular complexity index is 1470. The Hall–Kier alpha value is -2.49. The minimum atomic E-state index is -1.62. The van der Waals surface area contributed by atoms with Gasteiger partial charge in [0.25, 0.3) is 0 Å². The molecule has 0 N–H and O–H groups in total. The number of quaternary nitrogens is 1. The molecule has 0 aliphatic rings. The third-order valence-electron chi connectivity index (χ3n) is 16.6. The number of rotatable bonds is 69. The van der Waals surface area contributed by atoms with Gasteiger partial charge in [0, 0.05) is 12.8 Å². The number of allylic oxidation sites excluding steroid dienone is 6. The first-order valence-electron chi connectivity index (χ1n) is 36.6. The maximum Gasteiger partial charge on any atom is 0.306 e. The molecule has 0 bridgehead atoms. The summed E-state index contributed by atoms with van der Waals surface area (Å²) in [5.74, 6) is -2.27. The summed E-state index contributed by atoms with van der Waals surface area (Å²) in [5.41, 5.74) is 0. The van der Waals surface area contributed by atoms with Crippen molar-refractivity contribution >= 4 is 17.9 Å². The van der Waals surface area contributed by atoms with Gasteiger partial charge in [-0.1, -0.05) is 339 Å². The third kappa shape index (κ3) is 67.0. The minimum absolute atomic E-state index is 0.148. The quantitative estimate of drug-likeness (QED) is 0.0195. The fraction of sp³-hybridized carbons (Fsp3) is 0.880. The van der Waals surface area contributed by atoms with Gasteiger partial charge in [0.15, 0.2) is 12.4 Å². The number of nitrogens with zero attached hydrogens (tertiary/aromatic N) is 1. The summed E-state index contributed by atoms with van der Waals surface area (Å²) in [6.07, 6.45) is 81.1. The number of carboxylic acids is 1. The van der Waals surface area contributed by atoms with Crippen LogP contribution in [0.15, 0.2) is 36.5 Å². The van der Waals surface area contributed by atoms with Gasteiger partial charge in [-0.2, -0.15) is 0 Å². The molecule has 0 aromatic heterocycles. The van der Waals surface area contributed by atoms with Gasteiger partial charge in [-0.25, -0.2) is 0 Å². The SMILES string of the molecule is CCCCCCC/C=C\C/C=C\C/C=C\CCCCCCCCCCC(=O)OC(COC(=O)CCCCCCCCCCCCCCCCCCCCCCCCCCCCCCCCCCCCCC)COC(OCC[N+](C)(C)C)C(=O)[O-]. The Morgan fingerprint density at radius 2 is 0.643 bits per heavy atom. The molecule has 0 saturated heterocycles. The molecule has 9 nitrogen and oxygen atoms in total. The van der Waals surface area contributed by atoms with E-state index in [1.165, 1.54) is 276 Å². The van der Waals surface area contributed by atoms with Crippen molar-refractivity contribution in [2.24, 2.45) is 0 Å². The molecule has 494 valence electrons. The Morgan fingerprint density at radius 3 is 0.952 bits per heavy atom. The van der Waals surface area contributed by atoms with Crippen LogP contribution in [-0.4, -0.2) is 82.3 Å². The van der Waals surface area contributed by atoms with Crippen molar-refractivity contribution in [2.75, 3.05) is 47.5 Å². The number of hydrogen-bond acceptors (Lipinski definition) is 8. The molecule has 84 heavy (non-hydrogen) atoms. The molecule has 2 unspecified atom stereocenters. The maximum absolute atomic E-state index is 12.9. The van der Waals surface area contributed by atoms with Crippen molar-refractivity contribution in [3.63, 3.8) is 0 Å². The molecule has 0 spiro atoms. The first-order chi connectivity index (χ1) is 41.1. The number of unbranched alkanes of at least 4 members (excludes halogenated alkanes) is 48. The van der Waals surface area contributed by atoms with Gasteiger partial charge >= 0.3 is 11.9 Å². The number of carbonyl (C=O) groups excluding carboxylic acids is 3. The Morgan fingerprint density at radius 1 is 0.357 bits per heavy atom. The van der Waals surface area contributed by atoms with Gasteiger partial charge in [-0.3, -0.25) is 9.59 Å². The van der Waals surface area contributed by atoms with Crippen molar-refractivity contribution in [3.05, 3.63) is 36.5 Å². The number of esters is 2. The Kier molecular flexibility index (Phi) is 64.5. The molecule has 0 amide bonds. The second-order valence-corrected chi connectivity index (χ2v) is 26.2. The number of aliphatic carboxylic acids is 1. The Labute approximate surface area is 521 Å². The smallest absolute Gasteiger partial charge is 0.306 e. The van der Waals surface area contributed by atoms with Crippen LogP contribution in [0.3, 0.4) is 0 Å². The van der Waals surface area contributed by atoms with E-state index in [4.69, 9.17) is 18.9 Å². The molecule has 0 aromatic rings. The van der Waals surface area contributed by atoms with E-state index < -0.39 is 24.3 Å². The summed E-state index contributed by atoms with van der Waals surface area (Å²) < 4.78 is 22.8. The largest absolute Gasteiger partial charge is 0.545 e. The topological polar surface area (TPSA) is 111 Å². The molecular weight excluding hydrogens is 1040 g/mol. The lowest BCUT2D eigenvalue weighted by Gasteiger charge is -2.26. The van der Waals surface area contributed by atoms with Crippen LogP contribution in [0.4, 0.5) is 0 Å². The van der Waals surface area contributed by atoms with E-state index in [0.29, 0.717) is 23.9 Å². The first-order valence-corrected chi connectivity index (χ1v) is 36.6. The van der Waals surface area contributed by atoms with Crippen molar-refractivity contribution in [3.8, 4) is 0 Å². The molecule has 0 saturated carbocycles. The fourth-order valence-corrected chi connectivity index (χ4v) is 11.0. The number of hydrogen-bond donors (Lipinski definition) is 0. The van der Waals surface area contributed by atoms with E-state index in [9.17, 15) is 19.5 Å².